The van der Waals surface area contributed by atoms with Gasteiger partial charge in [-0.3, -0.25) is 19.2 Å². The fourth-order valence-electron chi connectivity index (χ4n) is 6.11. The number of nitrogens with zero attached hydrogens (tertiary/aromatic N) is 3. The molecule has 9 nitrogen and oxygen atoms in total. The van der Waals surface area contributed by atoms with Crippen LogP contribution in [0.1, 0.15) is 47.4 Å². The summed E-state index contributed by atoms with van der Waals surface area (Å²) in [5.41, 5.74) is 0.490. The van der Waals surface area contributed by atoms with Crippen LogP contribution in [0.4, 0.5) is 5.69 Å². The van der Waals surface area contributed by atoms with Gasteiger partial charge < -0.3 is 25.1 Å². The fraction of sp³-hybridized carbons (Fsp3) is 0.448. The first-order valence-corrected chi connectivity index (χ1v) is 13.1. The van der Waals surface area contributed by atoms with Gasteiger partial charge in [-0.25, -0.2) is 0 Å². The van der Waals surface area contributed by atoms with E-state index in [1.54, 1.807) is 29.2 Å². The molecule has 200 valence electrons. The van der Waals surface area contributed by atoms with Gasteiger partial charge in [-0.1, -0.05) is 26.0 Å². The molecule has 0 spiro atoms. The van der Waals surface area contributed by atoms with E-state index in [0.29, 0.717) is 24.9 Å². The molecule has 2 aromatic rings. The smallest absolute Gasteiger partial charge is 0.258 e. The molecule has 2 aromatic carbocycles. The molecule has 2 aliphatic heterocycles. The van der Waals surface area contributed by atoms with Crippen molar-refractivity contribution in [2.45, 2.75) is 44.3 Å². The van der Waals surface area contributed by atoms with Crippen molar-refractivity contribution in [3.05, 3.63) is 59.7 Å². The molecule has 0 bridgehead atoms. The van der Waals surface area contributed by atoms with Crippen LogP contribution in [0, 0.1) is 11.8 Å². The first-order valence-electron chi connectivity index (χ1n) is 13.1. The summed E-state index contributed by atoms with van der Waals surface area (Å²) >= 11 is 0. The molecule has 2 N–H and O–H groups in total. The number of hydrogen-bond donors (Lipinski definition) is 2. The molecule has 2 saturated heterocycles. The van der Waals surface area contributed by atoms with Gasteiger partial charge in [0.2, 0.25) is 5.91 Å². The van der Waals surface area contributed by atoms with Crippen molar-refractivity contribution < 1.29 is 24.3 Å². The minimum absolute atomic E-state index is 0.0467. The minimum Gasteiger partial charge on any atom is -0.507 e. The Morgan fingerprint density at radius 1 is 1.05 bits per heavy atom. The number of fused-ring (bicyclic) bond motifs is 1. The topological polar surface area (TPSA) is 110 Å². The second-order valence-electron chi connectivity index (χ2n) is 11.1. The summed E-state index contributed by atoms with van der Waals surface area (Å²) < 4.78 is 0. The van der Waals surface area contributed by atoms with Crippen LogP contribution in [0.25, 0.3) is 0 Å². The maximum Gasteiger partial charge on any atom is 0.258 e. The molecule has 3 amide bonds. The van der Waals surface area contributed by atoms with Crippen LogP contribution in [0.5, 0.6) is 5.75 Å². The molecule has 2 heterocycles. The summed E-state index contributed by atoms with van der Waals surface area (Å²) in [6, 6.07) is 12.2. The predicted molar refractivity (Wildman–Crippen MR) is 142 cm³/mol. The van der Waals surface area contributed by atoms with Crippen molar-refractivity contribution >= 4 is 29.2 Å². The first-order chi connectivity index (χ1) is 18.0. The van der Waals surface area contributed by atoms with Gasteiger partial charge in [-0.05, 0) is 61.1 Å². The first kappa shape index (κ1) is 25.8. The Bertz CT molecular complexity index is 1290. The lowest BCUT2D eigenvalue weighted by molar-refractivity contribution is -0.139. The predicted octanol–water partition coefficient (Wildman–Crippen LogP) is 2.30. The zero-order valence-electron chi connectivity index (χ0n) is 22.2. The number of aromatic hydroxyl groups is 1. The fourth-order valence-corrected chi connectivity index (χ4v) is 6.11. The number of carbonyl (C=O) groups is 4. The highest BCUT2D eigenvalue weighted by molar-refractivity contribution is 6.06. The summed E-state index contributed by atoms with van der Waals surface area (Å²) in [6.07, 6.45) is 0.970. The van der Waals surface area contributed by atoms with E-state index in [2.05, 4.69) is 5.32 Å². The Hall–Kier alpha value is -3.88. The Labute approximate surface area is 222 Å². The number of anilines is 1. The van der Waals surface area contributed by atoms with E-state index in [1.165, 1.54) is 17.0 Å². The summed E-state index contributed by atoms with van der Waals surface area (Å²) in [5, 5.41) is 13.2. The second-order valence-corrected chi connectivity index (χ2v) is 11.1. The molecule has 3 aliphatic rings. The number of nitrogens with one attached hydrogen (secondary N) is 1. The van der Waals surface area contributed by atoms with Crippen LogP contribution in [0.3, 0.4) is 0 Å². The zero-order chi connectivity index (χ0) is 27.4. The van der Waals surface area contributed by atoms with Gasteiger partial charge in [0.1, 0.15) is 17.3 Å². The lowest BCUT2D eigenvalue weighted by Gasteiger charge is -2.30. The van der Waals surface area contributed by atoms with Crippen LogP contribution >= 0.6 is 0 Å². The number of carbonyl (C=O) groups excluding carboxylic acids is 4. The van der Waals surface area contributed by atoms with Gasteiger partial charge >= 0.3 is 0 Å². The van der Waals surface area contributed by atoms with Gasteiger partial charge in [-0.15, -0.1) is 0 Å². The number of ketones is 1. The Morgan fingerprint density at radius 2 is 1.74 bits per heavy atom. The van der Waals surface area contributed by atoms with Crippen LogP contribution < -0.4 is 10.2 Å². The van der Waals surface area contributed by atoms with Crippen molar-refractivity contribution in [2.75, 3.05) is 32.1 Å². The van der Waals surface area contributed by atoms with E-state index >= 15 is 0 Å². The molecule has 0 aromatic heterocycles. The van der Waals surface area contributed by atoms with Crippen LogP contribution in [-0.4, -0.2) is 83.2 Å². The van der Waals surface area contributed by atoms with Crippen molar-refractivity contribution in [2.24, 2.45) is 11.8 Å². The standard InChI is InChI=1S/C29H34N4O5/c1-17(2)21-15-29(21,30-26(36)18-9-11-19(12-10-18)31(3)4)28(38)32-14-13-22-25(32)24(35)16-33(22)27(37)20-7-5-6-8-23(20)34/h5-12,17,21-22,25,34H,13-16H2,1-4H3,(H,30,36)/t21?,22-,25+,29?/m1/s1. The van der Waals surface area contributed by atoms with Gasteiger partial charge in [-0.2, -0.15) is 0 Å². The van der Waals surface area contributed by atoms with Crippen molar-refractivity contribution in [1.29, 1.82) is 0 Å². The Morgan fingerprint density at radius 3 is 2.34 bits per heavy atom. The third-order valence-corrected chi connectivity index (χ3v) is 8.26. The number of phenolic OH excluding ortho intramolecular Hbond substituents is 1. The molecular weight excluding hydrogens is 484 g/mol. The number of phenols is 1. The molecule has 2 unspecified atom stereocenters. The Balaban J connectivity index is 1.36. The molecule has 0 radical (unpaired) electrons. The van der Waals surface area contributed by atoms with Gasteiger partial charge in [0.15, 0.2) is 5.78 Å². The third-order valence-electron chi connectivity index (χ3n) is 8.26. The molecule has 5 rings (SSSR count). The van der Waals surface area contributed by atoms with E-state index in [0.717, 1.165) is 5.69 Å². The number of para-hydroxylation sites is 1. The summed E-state index contributed by atoms with van der Waals surface area (Å²) in [6.45, 7) is 4.26. The van der Waals surface area contributed by atoms with Crippen LogP contribution in [0.2, 0.25) is 0 Å². The van der Waals surface area contributed by atoms with Gasteiger partial charge in [0, 0.05) is 31.9 Å². The molecule has 3 fully saturated rings. The van der Waals surface area contributed by atoms with E-state index in [4.69, 9.17) is 0 Å². The van der Waals surface area contributed by atoms with Crippen LogP contribution in [0.15, 0.2) is 48.5 Å². The SMILES string of the molecule is CC(C)C1CC1(NC(=O)c1ccc(N(C)C)cc1)C(=O)N1CC[C@@H]2[C@H]1C(=O)CN2C(=O)c1ccccc1O. The van der Waals surface area contributed by atoms with E-state index in [-0.39, 0.29) is 47.3 Å². The van der Waals surface area contributed by atoms with Gasteiger partial charge in [0.25, 0.3) is 11.8 Å². The van der Waals surface area contributed by atoms with Crippen molar-refractivity contribution in [1.82, 2.24) is 15.1 Å². The number of amides is 3. The quantitative estimate of drug-likeness (QED) is 0.607. The maximum atomic E-state index is 14.1. The van der Waals surface area contributed by atoms with Crippen molar-refractivity contribution in [3.63, 3.8) is 0 Å². The van der Waals surface area contributed by atoms with Crippen molar-refractivity contribution in [3.8, 4) is 5.75 Å². The molecule has 1 saturated carbocycles. The molecule has 38 heavy (non-hydrogen) atoms. The molecular formula is C29H34N4O5. The van der Waals surface area contributed by atoms with E-state index in [9.17, 15) is 24.3 Å². The number of benzene rings is 2. The number of likely N-dealkylation sites (tertiary alicyclic amines) is 2. The monoisotopic (exact) mass is 518 g/mol. The lowest BCUT2D eigenvalue weighted by Crippen LogP contribution is -2.55. The van der Waals surface area contributed by atoms with E-state index in [1.807, 2.05) is 45.0 Å². The number of hydrogen-bond acceptors (Lipinski definition) is 6. The highest BCUT2D eigenvalue weighted by Gasteiger charge is 2.65. The summed E-state index contributed by atoms with van der Waals surface area (Å²) in [4.78, 5) is 58.6. The average molecular weight is 519 g/mol. The third kappa shape index (κ3) is 4.19. The highest BCUT2D eigenvalue weighted by Crippen LogP contribution is 2.51. The number of Topliss-reactive ketones (excluding diaryl/α,β-unsaturated/α-hetero) is 1. The average Bonchev–Trinajstić information content (AvgIpc) is 3.31. The second kappa shape index (κ2) is 9.45. The molecule has 1 aliphatic carbocycles. The normalized spacial score (nSPS) is 25.9. The van der Waals surface area contributed by atoms with Gasteiger partial charge in [0.05, 0.1) is 18.2 Å². The summed E-state index contributed by atoms with van der Waals surface area (Å²) in [7, 11) is 3.84. The highest BCUT2D eigenvalue weighted by atomic mass is 16.3. The summed E-state index contributed by atoms with van der Waals surface area (Å²) in [5.74, 6) is -1.23. The molecule has 4 atom stereocenters. The molecule has 9 heteroatoms. The zero-order valence-corrected chi connectivity index (χ0v) is 22.2. The van der Waals surface area contributed by atoms with Crippen LogP contribution in [-0.2, 0) is 9.59 Å². The van der Waals surface area contributed by atoms with E-state index < -0.39 is 23.5 Å². The number of rotatable bonds is 6. The minimum atomic E-state index is -1.07. The lowest BCUT2D eigenvalue weighted by atomic mass is 10.0. The Kier molecular flexibility index (Phi) is 6.41. The largest absolute Gasteiger partial charge is 0.507 e. The maximum absolute atomic E-state index is 14.1.